The number of fused-ring (bicyclic) bond motifs is 1. The van der Waals surface area contributed by atoms with Crippen LogP contribution in [0.5, 0.6) is 0 Å². The molecule has 6 heteroatoms. The van der Waals surface area contributed by atoms with Crippen LogP contribution in [0.3, 0.4) is 0 Å². The van der Waals surface area contributed by atoms with E-state index in [1.165, 1.54) is 25.0 Å². The van der Waals surface area contributed by atoms with Gasteiger partial charge in [0, 0.05) is 29.4 Å². The molecule has 2 aliphatic rings. The van der Waals surface area contributed by atoms with Gasteiger partial charge >= 0.3 is 5.97 Å². The fourth-order valence-electron chi connectivity index (χ4n) is 3.59. The molecule has 5 nitrogen and oxygen atoms in total. The van der Waals surface area contributed by atoms with Crippen molar-refractivity contribution < 1.29 is 19.1 Å². The average Bonchev–Trinajstić information content (AvgIpc) is 3.42. The van der Waals surface area contributed by atoms with E-state index in [4.69, 9.17) is 0 Å². The van der Waals surface area contributed by atoms with Gasteiger partial charge in [0.25, 0.3) is 0 Å². The van der Waals surface area contributed by atoms with Crippen molar-refractivity contribution in [3.8, 4) is 0 Å². The van der Waals surface area contributed by atoms with Crippen molar-refractivity contribution in [3.05, 3.63) is 35.8 Å². The Morgan fingerprint density at radius 3 is 2.88 bits per heavy atom. The second-order valence-corrected chi connectivity index (χ2v) is 6.95. The highest BCUT2D eigenvalue weighted by atomic mass is 19.1. The van der Waals surface area contributed by atoms with E-state index in [2.05, 4.69) is 10.3 Å². The predicted molar refractivity (Wildman–Crippen MR) is 85.8 cm³/mol. The first-order valence-electron chi connectivity index (χ1n) is 8.31. The molecule has 0 aliphatic heterocycles. The second-order valence-electron chi connectivity index (χ2n) is 6.95. The van der Waals surface area contributed by atoms with Gasteiger partial charge in [-0.15, -0.1) is 0 Å². The average molecular weight is 330 g/mol. The quantitative estimate of drug-likeness (QED) is 0.761. The number of amides is 1. The Hall–Kier alpha value is -2.37. The summed E-state index contributed by atoms with van der Waals surface area (Å²) in [6.45, 7) is 0. The second kappa shape index (κ2) is 5.61. The van der Waals surface area contributed by atoms with Crippen LogP contribution in [0.2, 0.25) is 0 Å². The SMILES string of the molecule is O=C(O)[C@H](Cc1c[nH]c2cc(F)ccc12)NC(=O)[C@H]1C[C@@H]1C1CC1. The Labute approximate surface area is 138 Å². The largest absolute Gasteiger partial charge is 0.480 e. The Morgan fingerprint density at radius 1 is 1.38 bits per heavy atom. The maximum absolute atomic E-state index is 13.2. The summed E-state index contributed by atoms with van der Waals surface area (Å²) < 4.78 is 13.2. The van der Waals surface area contributed by atoms with Crippen molar-refractivity contribution >= 4 is 22.8 Å². The van der Waals surface area contributed by atoms with Gasteiger partial charge in [-0.05, 0) is 54.9 Å². The highest BCUT2D eigenvalue weighted by Gasteiger charge is 2.51. The lowest BCUT2D eigenvalue weighted by Crippen LogP contribution is -2.43. The summed E-state index contributed by atoms with van der Waals surface area (Å²) in [6, 6.07) is 3.37. The monoisotopic (exact) mass is 330 g/mol. The molecule has 0 saturated heterocycles. The lowest BCUT2D eigenvalue weighted by molar-refractivity contribution is -0.142. The number of rotatable bonds is 6. The van der Waals surface area contributed by atoms with Gasteiger partial charge in [-0.25, -0.2) is 9.18 Å². The summed E-state index contributed by atoms with van der Waals surface area (Å²) >= 11 is 0. The van der Waals surface area contributed by atoms with Crippen LogP contribution in [0.25, 0.3) is 10.9 Å². The number of hydrogen-bond acceptors (Lipinski definition) is 2. The summed E-state index contributed by atoms with van der Waals surface area (Å²) in [7, 11) is 0. The first-order chi connectivity index (χ1) is 11.5. The highest BCUT2D eigenvalue weighted by Crippen LogP contribution is 2.54. The number of carbonyl (C=O) groups excluding carboxylic acids is 1. The smallest absolute Gasteiger partial charge is 0.326 e. The number of nitrogens with one attached hydrogen (secondary N) is 2. The summed E-state index contributed by atoms with van der Waals surface area (Å²) in [5, 5.41) is 12.9. The zero-order valence-corrected chi connectivity index (χ0v) is 13.1. The van der Waals surface area contributed by atoms with E-state index in [9.17, 15) is 19.1 Å². The van der Waals surface area contributed by atoms with E-state index in [1.807, 2.05) is 0 Å². The standard InChI is InChI=1S/C18H19FN2O3/c19-11-3-4-12-10(8-20-15(12)6-11)5-16(18(23)24)21-17(22)14-7-13(14)9-1-2-9/h3-4,6,8-9,13-14,16,20H,1-2,5,7H2,(H,21,22)(H,23,24)/t13-,14+,16+/m1/s1. The van der Waals surface area contributed by atoms with E-state index in [-0.39, 0.29) is 24.1 Å². The predicted octanol–water partition coefficient (Wildman–Crippen LogP) is 2.47. The third-order valence-electron chi connectivity index (χ3n) is 5.17. The van der Waals surface area contributed by atoms with Crippen molar-refractivity contribution in [2.75, 3.05) is 0 Å². The van der Waals surface area contributed by atoms with Crippen molar-refractivity contribution in [2.45, 2.75) is 31.7 Å². The summed E-state index contributed by atoms with van der Waals surface area (Å²) in [4.78, 5) is 26.8. The Morgan fingerprint density at radius 2 is 2.17 bits per heavy atom. The minimum absolute atomic E-state index is 0.0172. The van der Waals surface area contributed by atoms with Gasteiger partial charge < -0.3 is 15.4 Å². The van der Waals surface area contributed by atoms with Crippen molar-refractivity contribution in [3.63, 3.8) is 0 Å². The molecular weight excluding hydrogens is 311 g/mol. The first-order valence-corrected chi connectivity index (χ1v) is 8.31. The highest BCUT2D eigenvalue weighted by molar-refractivity contribution is 5.88. The van der Waals surface area contributed by atoms with Crippen LogP contribution in [-0.4, -0.2) is 28.0 Å². The topological polar surface area (TPSA) is 82.2 Å². The third-order valence-corrected chi connectivity index (χ3v) is 5.17. The number of hydrogen-bond donors (Lipinski definition) is 3. The number of benzene rings is 1. The van der Waals surface area contributed by atoms with Crippen LogP contribution in [-0.2, 0) is 16.0 Å². The number of carboxylic acids is 1. The molecule has 1 aromatic carbocycles. The van der Waals surface area contributed by atoms with E-state index in [0.717, 1.165) is 17.4 Å². The minimum Gasteiger partial charge on any atom is -0.480 e. The summed E-state index contributed by atoms with van der Waals surface area (Å²) in [5.41, 5.74) is 1.38. The third kappa shape index (κ3) is 2.88. The van der Waals surface area contributed by atoms with Gasteiger partial charge in [0.1, 0.15) is 11.9 Å². The molecule has 0 spiro atoms. The molecule has 1 amide bonds. The van der Waals surface area contributed by atoms with E-state index in [1.54, 1.807) is 12.3 Å². The van der Waals surface area contributed by atoms with Gasteiger partial charge in [0.15, 0.2) is 0 Å². The molecule has 2 fully saturated rings. The molecule has 3 N–H and O–H groups in total. The van der Waals surface area contributed by atoms with Crippen LogP contribution in [0, 0.1) is 23.6 Å². The molecule has 0 radical (unpaired) electrons. The number of aromatic nitrogens is 1. The molecular formula is C18H19FN2O3. The number of halogens is 1. The first kappa shape index (κ1) is 15.2. The van der Waals surface area contributed by atoms with E-state index in [0.29, 0.717) is 17.4 Å². The Balaban J connectivity index is 1.46. The van der Waals surface area contributed by atoms with Crippen molar-refractivity contribution in [2.24, 2.45) is 17.8 Å². The fraction of sp³-hybridized carbons (Fsp3) is 0.444. The van der Waals surface area contributed by atoms with E-state index < -0.39 is 12.0 Å². The molecule has 2 aromatic rings. The normalized spacial score (nSPS) is 23.9. The summed E-state index contributed by atoms with van der Waals surface area (Å²) in [5.74, 6) is -0.438. The zero-order chi connectivity index (χ0) is 16.8. The van der Waals surface area contributed by atoms with Gasteiger partial charge in [-0.2, -0.15) is 0 Å². The number of aromatic amines is 1. The van der Waals surface area contributed by atoms with Crippen LogP contribution in [0.1, 0.15) is 24.8 Å². The molecule has 2 saturated carbocycles. The Kier molecular flexibility index (Phi) is 3.55. The molecule has 126 valence electrons. The van der Waals surface area contributed by atoms with Crippen molar-refractivity contribution in [1.29, 1.82) is 0 Å². The molecule has 0 bridgehead atoms. The van der Waals surface area contributed by atoms with Gasteiger partial charge in [0.2, 0.25) is 5.91 Å². The number of H-pyrrole nitrogens is 1. The molecule has 3 atom stereocenters. The fourth-order valence-corrected chi connectivity index (χ4v) is 3.59. The van der Waals surface area contributed by atoms with Gasteiger partial charge in [-0.3, -0.25) is 4.79 Å². The maximum Gasteiger partial charge on any atom is 0.326 e. The van der Waals surface area contributed by atoms with Crippen molar-refractivity contribution in [1.82, 2.24) is 10.3 Å². The molecule has 24 heavy (non-hydrogen) atoms. The number of aliphatic carboxylic acids is 1. The lowest BCUT2D eigenvalue weighted by Gasteiger charge is -2.14. The molecule has 1 aromatic heterocycles. The van der Waals surface area contributed by atoms with Crippen LogP contribution >= 0.6 is 0 Å². The number of carboxylic acid groups (broad SMARTS) is 1. The molecule has 0 unspecified atom stereocenters. The van der Waals surface area contributed by atoms with Crippen LogP contribution in [0.4, 0.5) is 4.39 Å². The lowest BCUT2D eigenvalue weighted by atomic mass is 10.0. The van der Waals surface area contributed by atoms with E-state index >= 15 is 0 Å². The maximum atomic E-state index is 13.2. The molecule has 2 aliphatic carbocycles. The number of carbonyl (C=O) groups is 2. The Bertz CT molecular complexity index is 812. The van der Waals surface area contributed by atoms with Gasteiger partial charge in [-0.1, -0.05) is 0 Å². The minimum atomic E-state index is -1.05. The zero-order valence-electron chi connectivity index (χ0n) is 13.1. The molecule has 1 heterocycles. The van der Waals surface area contributed by atoms with Crippen LogP contribution < -0.4 is 5.32 Å². The molecule has 4 rings (SSSR count). The van der Waals surface area contributed by atoms with Gasteiger partial charge in [0.05, 0.1) is 0 Å². The summed E-state index contributed by atoms with van der Waals surface area (Å²) in [6.07, 6.45) is 5.13. The van der Waals surface area contributed by atoms with Crippen LogP contribution in [0.15, 0.2) is 24.4 Å².